The molecule has 3 heterocycles. The molecule has 0 saturated heterocycles. The van der Waals surface area contributed by atoms with Gasteiger partial charge < -0.3 is 15.8 Å². The second kappa shape index (κ2) is 8.64. The number of nitrogens with two attached hydrogens (primary N) is 1. The second-order valence-corrected chi connectivity index (χ2v) is 9.82. The Balaban J connectivity index is 1.28. The van der Waals surface area contributed by atoms with Crippen molar-refractivity contribution in [3.63, 3.8) is 0 Å². The number of ether oxygens (including phenoxy) is 1. The Morgan fingerprint density at radius 3 is 2.43 bits per heavy atom. The number of halogens is 3. The van der Waals surface area contributed by atoms with Crippen molar-refractivity contribution in [3.05, 3.63) is 116 Å². The summed E-state index contributed by atoms with van der Waals surface area (Å²) in [5.41, 5.74) is 13.4. The molecule has 4 aromatic rings. The molecule has 2 atom stereocenters. The summed E-state index contributed by atoms with van der Waals surface area (Å²) in [6, 6.07) is 15.6. The molecule has 0 unspecified atom stereocenters. The molecule has 0 fully saturated rings. The molecular weight excluding hydrogens is 496 g/mol. The Morgan fingerprint density at radius 2 is 1.68 bits per heavy atom. The number of hydrogen-bond acceptors (Lipinski definition) is 4. The fourth-order valence-electron chi connectivity index (χ4n) is 5.33. The maximum absolute atomic E-state index is 14.6. The fourth-order valence-corrected chi connectivity index (χ4v) is 5.47. The van der Waals surface area contributed by atoms with Crippen molar-refractivity contribution in [3.8, 4) is 11.1 Å². The van der Waals surface area contributed by atoms with E-state index in [0.717, 1.165) is 39.1 Å². The van der Waals surface area contributed by atoms with Crippen LogP contribution in [0.5, 0.6) is 0 Å². The number of carbonyl (C=O) groups excluding carboxylic acids is 1. The Labute approximate surface area is 217 Å². The standard InChI is InChI=1S/C29H22ClF2N3O2/c1-13-9-24(33)35-14(2)22(13)12-34-29(36)16-4-6-19-21(11-16)28-20-10-15(3-5-18(20)27(19)37-28)17-7-8-23(30)26(32)25(17)31/h3-11,27-28H,12H2,1-2H3,(H2,33,35)(H,34,36)/t27-,28+/m0/s1. The average molecular weight is 518 g/mol. The minimum Gasteiger partial charge on any atom is -0.384 e. The third-order valence-corrected chi connectivity index (χ3v) is 7.48. The Morgan fingerprint density at radius 1 is 0.973 bits per heavy atom. The largest absolute Gasteiger partial charge is 0.384 e. The molecule has 2 aliphatic rings. The number of pyridine rings is 1. The van der Waals surface area contributed by atoms with E-state index in [9.17, 15) is 13.6 Å². The van der Waals surface area contributed by atoms with Crippen molar-refractivity contribution in [2.24, 2.45) is 0 Å². The van der Waals surface area contributed by atoms with E-state index >= 15 is 0 Å². The molecule has 5 nitrogen and oxygen atoms in total. The average Bonchev–Trinajstić information content (AvgIpc) is 3.43. The van der Waals surface area contributed by atoms with Crippen molar-refractivity contribution in [1.29, 1.82) is 0 Å². The first kappa shape index (κ1) is 23.6. The quantitative estimate of drug-likeness (QED) is 0.310. The van der Waals surface area contributed by atoms with E-state index in [-0.39, 0.29) is 22.6 Å². The van der Waals surface area contributed by atoms with Gasteiger partial charge >= 0.3 is 0 Å². The van der Waals surface area contributed by atoms with E-state index in [1.165, 1.54) is 12.1 Å². The topological polar surface area (TPSA) is 77.2 Å². The SMILES string of the molecule is Cc1cc(N)nc(C)c1CNC(=O)c1ccc2c(c1)[C@@H]1O[C@H]2c2ccc(-c3ccc(Cl)c(F)c3F)cc21. The fraction of sp³-hybridized carbons (Fsp3) is 0.172. The lowest BCUT2D eigenvalue weighted by atomic mass is 9.83. The van der Waals surface area contributed by atoms with Gasteiger partial charge in [0.25, 0.3) is 5.91 Å². The molecule has 3 N–H and O–H groups in total. The van der Waals surface area contributed by atoms with Crippen LogP contribution in [0.3, 0.4) is 0 Å². The van der Waals surface area contributed by atoms with Crippen LogP contribution in [0.2, 0.25) is 5.02 Å². The normalized spacial score (nSPS) is 17.0. The van der Waals surface area contributed by atoms with E-state index in [4.69, 9.17) is 22.1 Å². The first-order chi connectivity index (χ1) is 17.7. The van der Waals surface area contributed by atoms with Gasteiger partial charge in [0.15, 0.2) is 11.6 Å². The maximum Gasteiger partial charge on any atom is 0.251 e. The number of nitrogen functional groups attached to an aromatic ring is 1. The molecule has 0 spiro atoms. The minimum absolute atomic E-state index is 0.128. The summed E-state index contributed by atoms with van der Waals surface area (Å²) in [7, 11) is 0. The molecule has 0 aliphatic carbocycles. The van der Waals surface area contributed by atoms with Gasteiger partial charge in [0.05, 0.1) is 5.02 Å². The third-order valence-electron chi connectivity index (χ3n) is 7.18. The predicted octanol–water partition coefficient (Wildman–Crippen LogP) is 6.33. The molecule has 6 rings (SSSR count). The molecule has 8 heteroatoms. The zero-order valence-corrected chi connectivity index (χ0v) is 20.8. The van der Waals surface area contributed by atoms with Crippen molar-refractivity contribution >= 4 is 23.3 Å². The van der Waals surface area contributed by atoms with Gasteiger partial charge in [-0.3, -0.25) is 4.79 Å². The van der Waals surface area contributed by atoms with Crippen molar-refractivity contribution < 1.29 is 18.3 Å². The van der Waals surface area contributed by atoms with Crippen LogP contribution < -0.4 is 11.1 Å². The van der Waals surface area contributed by atoms with E-state index in [0.29, 0.717) is 23.5 Å². The summed E-state index contributed by atoms with van der Waals surface area (Å²) in [4.78, 5) is 17.3. The van der Waals surface area contributed by atoms with Gasteiger partial charge in [-0.25, -0.2) is 13.8 Å². The lowest BCUT2D eigenvalue weighted by Crippen LogP contribution is -2.24. The summed E-state index contributed by atoms with van der Waals surface area (Å²) in [6.45, 7) is 4.13. The molecule has 3 aromatic carbocycles. The first-order valence-corrected chi connectivity index (χ1v) is 12.2. The number of aryl methyl sites for hydroxylation is 2. The number of amides is 1. The second-order valence-electron chi connectivity index (χ2n) is 9.42. The van der Waals surface area contributed by atoms with Gasteiger partial charge in [0.2, 0.25) is 0 Å². The molecule has 2 bridgehead atoms. The summed E-state index contributed by atoms with van der Waals surface area (Å²) >= 11 is 5.72. The molecule has 0 radical (unpaired) electrons. The molecule has 2 aliphatic heterocycles. The summed E-state index contributed by atoms with van der Waals surface area (Å²) in [5.74, 6) is -1.82. The highest BCUT2D eigenvalue weighted by atomic mass is 35.5. The first-order valence-electron chi connectivity index (χ1n) is 11.8. The van der Waals surface area contributed by atoms with Gasteiger partial charge in [0.1, 0.15) is 18.0 Å². The highest BCUT2D eigenvalue weighted by Crippen LogP contribution is 2.55. The molecule has 1 amide bonds. The van der Waals surface area contributed by atoms with Gasteiger partial charge in [-0.2, -0.15) is 0 Å². The lowest BCUT2D eigenvalue weighted by Gasteiger charge is -2.18. The molecule has 37 heavy (non-hydrogen) atoms. The number of nitrogens with one attached hydrogen (secondary N) is 1. The van der Waals surface area contributed by atoms with Crippen molar-refractivity contribution in [2.75, 3.05) is 5.73 Å². The van der Waals surface area contributed by atoms with Gasteiger partial charge in [-0.05, 0) is 89.2 Å². The number of rotatable bonds is 4. The Kier molecular flexibility index (Phi) is 5.51. The van der Waals surface area contributed by atoms with Crippen molar-refractivity contribution in [1.82, 2.24) is 10.3 Å². The smallest absolute Gasteiger partial charge is 0.251 e. The van der Waals surface area contributed by atoms with E-state index < -0.39 is 17.7 Å². The number of anilines is 1. The highest BCUT2D eigenvalue weighted by Gasteiger charge is 2.43. The Bertz CT molecular complexity index is 1600. The zero-order valence-electron chi connectivity index (χ0n) is 20.0. The monoisotopic (exact) mass is 517 g/mol. The van der Waals surface area contributed by atoms with Gasteiger partial charge in [-0.1, -0.05) is 29.8 Å². The summed E-state index contributed by atoms with van der Waals surface area (Å²) < 4.78 is 34.9. The van der Waals surface area contributed by atoms with E-state index in [2.05, 4.69) is 10.3 Å². The number of hydrogen-bond donors (Lipinski definition) is 2. The number of benzene rings is 3. The number of carbonyl (C=O) groups is 1. The maximum atomic E-state index is 14.6. The number of nitrogens with zero attached hydrogens (tertiary/aromatic N) is 1. The van der Waals surface area contributed by atoms with Crippen LogP contribution in [0.25, 0.3) is 11.1 Å². The van der Waals surface area contributed by atoms with Crippen LogP contribution in [0.15, 0.2) is 54.6 Å². The van der Waals surface area contributed by atoms with Crippen LogP contribution in [0, 0.1) is 25.5 Å². The molecule has 186 valence electrons. The van der Waals surface area contributed by atoms with E-state index in [1.807, 2.05) is 38.1 Å². The molecule has 1 aromatic heterocycles. The van der Waals surface area contributed by atoms with Crippen LogP contribution in [0.4, 0.5) is 14.6 Å². The Hall–Kier alpha value is -3.81. The van der Waals surface area contributed by atoms with Crippen molar-refractivity contribution in [2.45, 2.75) is 32.6 Å². The van der Waals surface area contributed by atoms with Gasteiger partial charge in [-0.15, -0.1) is 0 Å². The third kappa shape index (κ3) is 3.77. The number of fused-ring (bicyclic) bond motifs is 8. The molecule has 0 saturated carbocycles. The van der Waals surface area contributed by atoms with Crippen LogP contribution in [0.1, 0.15) is 61.6 Å². The van der Waals surface area contributed by atoms with Crippen LogP contribution in [-0.2, 0) is 11.3 Å². The highest BCUT2D eigenvalue weighted by molar-refractivity contribution is 6.30. The zero-order chi connectivity index (χ0) is 26.0. The van der Waals surface area contributed by atoms with Crippen LogP contribution >= 0.6 is 11.6 Å². The summed E-state index contributed by atoms with van der Waals surface area (Å²) in [6.07, 6.45) is -0.659. The summed E-state index contributed by atoms with van der Waals surface area (Å²) in [5, 5.41) is 2.71. The van der Waals surface area contributed by atoms with E-state index in [1.54, 1.807) is 18.2 Å². The molecular formula is C29H22ClF2N3O2. The predicted molar refractivity (Wildman–Crippen MR) is 137 cm³/mol. The number of aromatic nitrogens is 1. The van der Waals surface area contributed by atoms with Gasteiger partial charge in [0, 0.05) is 23.4 Å². The minimum atomic E-state index is -1.07. The van der Waals surface area contributed by atoms with Crippen LogP contribution in [-0.4, -0.2) is 10.9 Å². The lowest BCUT2D eigenvalue weighted by molar-refractivity contribution is 0.0857.